The van der Waals surface area contributed by atoms with E-state index in [0.717, 1.165) is 25.8 Å². The average molecular weight is 127 g/mol. The molecule has 1 aliphatic heterocycles. The van der Waals surface area contributed by atoms with Crippen LogP contribution in [-0.4, -0.2) is 12.5 Å². The van der Waals surface area contributed by atoms with Crippen LogP contribution in [0.15, 0.2) is 13.2 Å². The molecule has 0 aromatic heterocycles. The van der Waals surface area contributed by atoms with Gasteiger partial charge in [0.25, 0.3) is 0 Å². The zero-order valence-electron chi connectivity index (χ0n) is 5.65. The van der Waals surface area contributed by atoms with Gasteiger partial charge in [0.2, 0.25) is 5.91 Å². The highest BCUT2D eigenvalue weighted by Gasteiger charge is 2.04. The Morgan fingerprint density at radius 2 is 2.00 bits per heavy atom. The van der Waals surface area contributed by atoms with Crippen LogP contribution in [0.3, 0.4) is 0 Å². The summed E-state index contributed by atoms with van der Waals surface area (Å²) in [5.74, 6) is 0.214. The summed E-state index contributed by atoms with van der Waals surface area (Å²) in [4.78, 5) is 10.4. The average Bonchev–Trinajstić information content (AvgIpc) is 1.94. The molecule has 1 rings (SSSR count). The number of piperidine rings is 1. The maximum Gasteiger partial charge on any atom is 0.219 e. The summed E-state index contributed by atoms with van der Waals surface area (Å²) in [6.07, 6.45) is 2.97. The molecule has 0 saturated carbocycles. The third-order valence-corrected chi connectivity index (χ3v) is 1.15. The molecule has 52 valence electrons. The fraction of sp³-hybridized carbons (Fsp3) is 0.571. The Morgan fingerprint density at radius 1 is 1.33 bits per heavy atom. The molecule has 0 bridgehead atoms. The van der Waals surface area contributed by atoms with Crippen LogP contribution in [0.25, 0.3) is 0 Å². The first-order chi connectivity index (χ1) is 4.39. The van der Waals surface area contributed by atoms with Gasteiger partial charge in [0.1, 0.15) is 0 Å². The second kappa shape index (κ2) is 5.35. The molecule has 0 aliphatic carbocycles. The molecule has 0 radical (unpaired) electrons. The maximum absolute atomic E-state index is 10.4. The lowest BCUT2D eigenvalue weighted by molar-refractivity contribution is -0.122. The van der Waals surface area contributed by atoms with Crippen LogP contribution in [-0.2, 0) is 4.79 Å². The number of nitrogens with one attached hydrogen (secondary N) is 1. The van der Waals surface area contributed by atoms with Crippen LogP contribution in [0.4, 0.5) is 0 Å². The quantitative estimate of drug-likeness (QED) is 0.485. The van der Waals surface area contributed by atoms with E-state index in [1.165, 1.54) is 0 Å². The highest BCUT2D eigenvalue weighted by Crippen LogP contribution is 1.98. The van der Waals surface area contributed by atoms with Crippen molar-refractivity contribution in [1.82, 2.24) is 5.32 Å². The topological polar surface area (TPSA) is 29.1 Å². The highest BCUT2D eigenvalue weighted by atomic mass is 16.1. The van der Waals surface area contributed by atoms with Gasteiger partial charge in [0.05, 0.1) is 0 Å². The second-order valence-electron chi connectivity index (χ2n) is 1.81. The molecule has 1 fully saturated rings. The normalized spacial score (nSPS) is 17.1. The maximum atomic E-state index is 10.4. The van der Waals surface area contributed by atoms with E-state index < -0.39 is 0 Å². The van der Waals surface area contributed by atoms with E-state index in [-0.39, 0.29) is 5.91 Å². The predicted octanol–water partition coefficient (Wildman–Crippen LogP) is 1.09. The molecule has 1 amide bonds. The molecule has 0 spiro atoms. The SMILES string of the molecule is C=C.O=C1CCCCN1. The van der Waals surface area contributed by atoms with Gasteiger partial charge in [-0.1, -0.05) is 0 Å². The van der Waals surface area contributed by atoms with Gasteiger partial charge in [-0.05, 0) is 12.8 Å². The molecule has 0 unspecified atom stereocenters. The summed E-state index contributed by atoms with van der Waals surface area (Å²) in [6.45, 7) is 6.89. The van der Waals surface area contributed by atoms with Crippen LogP contribution in [0.5, 0.6) is 0 Å². The lowest BCUT2D eigenvalue weighted by Crippen LogP contribution is -2.28. The lowest BCUT2D eigenvalue weighted by atomic mass is 10.2. The van der Waals surface area contributed by atoms with Crippen LogP contribution < -0.4 is 5.32 Å². The fourth-order valence-corrected chi connectivity index (χ4v) is 0.727. The standard InChI is InChI=1S/C5H9NO.C2H4/c7-5-3-1-2-4-6-5;1-2/h1-4H2,(H,6,7);1-2H2. The van der Waals surface area contributed by atoms with E-state index in [9.17, 15) is 4.79 Å². The summed E-state index contributed by atoms with van der Waals surface area (Å²) >= 11 is 0. The third kappa shape index (κ3) is 3.76. The number of hydrogen-bond donors (Lipinski definition) is 1. The summed E-state index contributed by atoms with van der Waals surface area (Å²) in [7, 11) is 0. The summed E-state index contributed by atoms with van der Waals surface area (Å²) < 4.78 is 0. The van der Waals surface area contributed by atoms with Crippen molar-refractivity contribution in [3.63, 3.8) is 0 Å². The number of carbonyl (C=O) groups is 1. The first-order valence-corrected chi connectivity index (χ1v) is 3.16. The Kier molecular flexibility index (Phi) is 4.88. The molecule has 0 atom stereocenters. The highest BCUT2D eigenvalue weighted by molar-refractivity contribution is 5.76. The van der Waals surface area contributed by atoms with Gasteiger partial charge >= 0.3 is 0 Å². The van der Waals surface area contributed by atoms with Crippen molar-refractivity contribution in [1.29, 1.82) is 0 Å². The van der Waals surface area contributed by atoms with Gasteiger partial charge in [-0.15, -0.1) is 13.2 Å². The third-order valence-electron chi connectivity index (χ3n) is 1.15. The van der Waals surface area contributed by atoms with Crippen molar-refractivity contribution in [3.8, 4) is 0 Å². The van der Waals surface area contributed by atoms with Gasteiger partial charge in [-0.2, -0.15) is 0 Å². The zero-order valence-corrected chi connectivity index (χ0v) is 5.65. The van der Waals surface area contributed by atoms with Crippen LogP contribution in [0.1, 0.15) is 19.3 Å². The van der Waals surface area contributed by atoms with Crippen molar-refractivity contribution in [2.75, 3.05) is 6.54 Å². The molecule has 1 aliphatic rings. The van der Waals surface area contributed by atoms with Crippen molar-refractivity contribution in [3.05, 3.63) is 13.2 Å². The van der Waals surface area contributed by atoms with Crippen LogP contribution >= 0.6 is 0 Å². The zero-order chi connectivity index (χ0) is 7.11. The van der Waals surface area contributed by atoms with E-state index in [4.69, 9.17) is 0 Å². The summed E-state index contributed by atoms with van der Waals surface area (Å²) in [5.41, 5.74) is 0. The van der Waals surface area contributed by atoms with Gasteiger partial charge in [0.15, 0.2) is 0 Å². The molecule has 0 aromatic carbocycles. The number of carbonyl (C=O) groups excluding carboxylic acids is 1. The summed E-state index contributed by atoms with van der Waals surface area (Å²) in [5, 5.41) is 2.74. The Morgan fingerprint density at radius 3 is 2.22 bits per heavy atom. The molecule has 0 aromatic rings. The number of rotatable bonds is 0. The molecular weight excluding hydrogens is 114 g/mol. The largest absolute Gasteiger partial charge is 0.356 e. The lowest BCUT2D eigenvalue weighted by Gasteiger charge is -2.08. The van der Waals surface area contributed by atoms with E-state index in [2.05, 4.69) is 18.5 Å². The van der Waals surface area contributed by atoms with Crippen molar-refractivity contribution in [2.24, 2.45) is 0 Å². The molecule has 2 heteroatoms. The minimum absolute atomic E-state index is 0.214. The molecule has 1 heterocycles. The predicted molar refractivity (Wildman–Crippen MR) is 38.1 cm³/mol. The van der Waals surface area contributed by atoms with E-state index in [0.29, 0.717) is 0 Å². The molecule has 1 saturated heterocycles. The van der Waals surface area contributed by atoms with E-state index in [1.54, 1.807) is 0 Å². The van der Waals surface area contributed by atoms with Crippen LogP contribution in [0, 0.1) is 0 Å². The Balaban J connectivity index is 0.000000291. The van der Waals surface area contributed by atoms with Gasteiger partial charge in [0, 0.05) is 13.0 Å². The fourth-order valence-electron chi connectivity index (χ4n) is 0.727. The first kappa shape index (κ1) is 8.21. The minimum atomic E-state index is 0.214. The summed E-state index contributed by atoms with van der Waals surface area (Å²) in [6, 6.07) is 0. The Hall–Kier alpha value is -0.790. The smallest absolute Gasteiger partial charge is 0.219 e. The first-order valence-electron chi connectivity index (χ1n) is 3.16. The molecule has 9 heavy (non-hydrogen) atoms. The van der Waals surface area contributed by atoms with Crippen LogP contribution in [0.2, 0.25) is 0 Å². The van der Waals surface area contributed by atoms with Crippen molar-refractivity contribution < 1.29 is 4.79 Å². The molecule has 1 N–H and O–H groups in total. The van der Waals surface area contributed by atoms with E-state index in [1.807, 2.05) is 0 Å². The second-order valence-corrected chi connectivity index (χ2v) is 1.81. The van der Waals surface area contributed by atoms with Gasteiger partial charge in [-0.25, -0.2) is 0 Å². The number of hydrogen-bond acceptors (Lipinski definition) is 1. The molecular formula is C7H13NO. The Labute approximate surface area is 56.0 Å². The molecule has 2 nitrogen and oxygen atoms in total. The van der Waals surface area contributed by atoms with Gasteiger partial charge in [-0.3, -0.25) is 4.79 Å². The monoisotopic (exact) mass is 127 g/mol. The van der Waals surface area contributed by atoms with Crippen molar-refractivity contribution in [2.45, 2.75) is 19.3 Å². The van der Waals surface area contributed by atoms with E-state index >= 15 is 0 Å². The van der Waals surface area contributed by atoms with Gasteiger partial charge < -0.3 is 5.32 Å². The Bertz CT molecular complexity index is 82.9. The minimum Gasteiger partial charge on any atom is -0.356 e. The van der Waals surface area contributed by atoms with Crippen molar-refractivity contribution >= 4 is 5.91 Å². The number of amides is 1.